The molecule has 1 heterocycles. The predicted octanol–water partition coefficient (Wildman–Crippen LogP) is 3.42. The third-order valence-electron chi connectivity index (χ3n) is 5.03. The average molecular weight is 450 g/mol. The second-order valence-electron chi connectivity index (χ2n) is 7.67. The van der Waals surface area contributed by atoms with Gasteiger partial charge in [0.15, 0.2) is 0 Å². The molecule has 0 saturated carbocycles. The number of rotatable bonds is 6. The van der Waals surface area contributed by atoms with Crippen molar-refractivity contribution in [2.24, 2.45) is 0 Å². The Balaban J connectivity index is 2.11. The number of hydrogen-bond acceptors (Lipinski definition) is 7. The first-order valence-electron chi connectivity index (χ1n) is 9.51. The van der Waals surface area contributed by atoms with Gasteiger partial charge in [0.25, 0.3) is 0 Å². The van der Waals surface area contributed by atoms with Crippen LogP contribution in [-0.4, -0.2) is 64.4 Å². The molecule has 0 spiro atoms. The first-order chi connectivity index (χ1) is 14.0. The van der Waals surface area contributed by atoms with Gasteiger partial charge in [-0.3, -0.25) is 4.79 Å². The van der Waals surface area contributed by atoms with Crippen molar-refractivity contribution in [3.8, 4) is 5.75 Å². The Hall–Kier alpha value is -2.07. The van der Waals surface area contributed by atoms with Crippen molar-refractivity contribution in [2.75, 3.05) is 39.6 Å². The normalized spacial score (nSPS) is 14.5. The number of hydrogen-bond donors (Lipinski definition) is 0. The molecule has 0 bridgehead atoms. The molecule has 2 aromatic carbocycles. The summed E-state index contributed by atoms with van der Waals surface area (Å²) in [6.07, 6.45) is 0. The van der Waals surface area contributed by atoms with E-state index >= 15 is 0 Å². The molecule has 1 aliphatic heterocycles. The van der Waals surface area contributed by atoms with Crippen molar-refractivity contribution in [3.05, 3.63) is 36.4 Å². The summed E-state index contributed by atoms with van der Waals surface area (Å²) in [5.74, 6) is 0.123. The van der Waals surface area contributed by atoms with Gasteiger partial charge in [-0.05, 0) is 57.4 Å². The summed E-state index contributed by atoms with van der Waals surface area (Å²) in [5, 5.41) is 0. The lowest BCUT2D eigenvalue weighted by Crippen LogP contribution is -2.37. The van der Waals surface area contributed by atoms with Crippen molar-refractivity contribution < 1.29 is 17.9 Å². The zero-order valence-corrected chi connectivity index (χ0v) is 19.7. The monoisotopic (exact) mass is 449 g/mol. The van der Waals surface area contributed by atoms with Crippen molar-refractivity contribution in [2.45, 2.75) is 34.6 Å². The van der Waals surface area contributed by atoms with E-state index in [1.165, 1.54) is 37.1 Å². The number of ether oxygens (including phenoxy) is 1. The molecule has 1 aliphatic rings. The maximum atomic E-state index is 12.7. The van der Waals surface area contributed by atoms with Gasteiger partial charge in [0.05, 0.1) is 16.3 Å². The molecule has 0 saturated heterocycles. The van der Waals surface area contributed by atoms with E-state index in [9.17, 15) is 13.2 Å². The Morgan fingerprint density at radius 3 is 2.37 bits per heavy atom. The second-order valence-corrected chi connectivity index (χ2v) is 10.9. The van der Waals surface area contributed by atoms with Crippen LogP contribution < -0.4 is 9.64 Å². The highest BCUT2D eigenvalue weighted by molar-refractivity contribution is 7.99. The van der Waals surface area contributed by atoms with E-state index in [1.54, 1.807) is 18.2 Å². The topological polar surface area (TPSA) is 70.2 Å². The van der Waals surface area contributed by atoms with Crippen LogP contribution in [0.1, 0.15) is 13.8 Å². The zero-order chi connectivity index (χ0) is 22.2. The number of sulfonamides is 1. The van der Waals surface area contributed by atoms with E-state index in [-0.39, 0.29) is 16.9 Å². The van der Waals surface area contributed by atoms with Gasteiger partial charge in [-0.2, -0.15) is 0 Å². The molecule has 0 aromatic heterocycles. The van der Waals surface area contributed by atoms with Gasteiger partial charge < -0.3 is 14.5 Å². The second kappa shape index (κ2) is 8.58. The maximum Gasteiger partial charge on any atom is 0.308 e. The first kappa shape index (κ1) is 22.6. The molecular weight excluding hydrogens is 422 g/mol. The van der Waals surface area contributed by atoms with Crippen LogP contribution in [0.2, 0.25) is 0 Å². The number of carbonyl (C=O) groups is 1. The van der Waals surface area contributed by atoms with Crippen LogP contribution in [-0.2, 0) is 14.8 Å². The number of fused-ring (bicyclic) bond motifs is 2. The number of likely N-dealkylation sites (N-methyl/N-ethyl adjacent to an activating group) is 1. The number of carbonyl (C=O) groups excluding carboxylic acids is 1. The van der Waals surface area contributed by atoms with Gasteiger partial charge in [-0.25, -0.2) is 12.7 Å². The van der Waals surface area contributed by atoms with Gasteiger partial charge in [-0.1, -0.05) is 11.8 Å². The highest BCUT2D eigenvalue weighted by Crippen LogP contribution is 2.50. The lowest BCUT2D eigenvalue weighted by Gasteiger charge is -2.36. The van der Waals surface area contributed by atoms with E-state index in [2.05, 4.69) is 16.7 Å². The van der Waals surface area contributed by atoms with Gasteiger partial charge in [-0.15, -0.1) is 0 Å². The number of esters is 1. The number of nitrogens with zero attached hydrogens (tertiary/aromatic N) is 3. The fraction of sp³-hybridized carbons (Fsp3) is 0.381. The summed E-state index contributed by atoms with van der Waals surface area (Å²) >= 11 is 1.54. The quantitative estimate of drug-likeness (QED) is 0.494. The molecule has 1 unspecified atom stereocenters. The van der Waals surface area contributed by atoms with Crippen molar-refractivity contribution in [1.29, 1.82) is 0 Å². The summed E-state index contributed by atoms with van der Waals surface area (Å²) in [6.45, 7) is 4.17. The maximum absolute atomic E-state index is 12.7. The van der Waals surface area contributed by atoms with E-state index < -0.39 is 10.0 Å². The summed E-state index contributed by atoms with van der Waals surface area (Å²) in [4.78, 5) is 17.8. The Morgan fingerprint density at radius 1 is 1.07 bits per heavy atom. The van der Waals surface area contributed by atoms with Gasteiger partial charge in [0.1, 0.15) is 5.75 Å². The Labute approximate surface area is 182 Å². The highest BCUT2D eigenvalue weighted by atomic mass is 32.2. The number of benzene rings is 2. The molecule has 0 amide bonds. The van der Waals surface area contributed by atoms with E-state index in [0.717, 1.165) is 21.2 Å². The predicted molar refractivity (Wildman–Crippen MR) is 119 cm³/mol. The Kier molecular flexibility index (Phi) is 6.47. The van der Waals surface area contributed by atoms with Crippen LogP contribution in [0.5, 0.6) is 5.75 Å². The van der Waals surface area contributed by atoms with Gasteiger partial charge in [0, 0.05) is 43.4 Å². The van der Waals surface area contributed by atoms with Crippen molar-refractivity contribution in [3.63, 3.8) is 0 Å². The Bertz CT molecular complexity index is 1070. The summed E-state index contributed by atoms with van der Waals surface area (Å²) in [7, 11) is 3.54. The molecule has 162 valence electrons. The van der Waals surface area contributed by atoms with E-state index in [4.69, 9.17) is 4.74 Å². The van der Waals surface area contributed by atoms with Crippen molar-refractivity contribution >= 4 is 39.1 Å². The summed E-state index contributed by atoms with van der Waals surface area (Å²) < 4.78 is 31.9. The first-order valence-corrected chi connectivity index (χ1v) is 11.8. The molecule has 0 fully saturated rings. The van der Waals surface area contributed by atoms with Crippen molar-refractivity contribution in [1.82, 2.24) is 9.21 Å². The summed E-state index contributed by atoms with van der Waals surface area (Å²) in [6, 6.07) is 11.0. The Morgan fingerprint density at radius 2 is 1.77 bits per heavy atom. The van der Waals surface area contributed by atoms with Crippen LogP contribution in [0.3, 0.4) is 0 Å². The largest absolute Gasteiger partial charge is 0.427 e. The fourth-order valence-corrected chi connectivity index (χ4v) is 5.09. The smallest absolute Gasteiger partial charge is 0.308 e. The SMILES string of the molecule is CC(=O)Oc1ccc2c(c1)Sc1ccc(S(=O)(=O)N(C)C)cc1N2CC(C)N(C)C. The molecule has 0 aliphatic carbocycles. The third kappa shape index (κ3) is 4.49. The standard InChI is InChI=1S/C21H27N3O4S2/c1-14(22(3)4)13-24-18-9-7-16(28-15(2)25)11-21(18)29-20-10-8-17(12-19(20)24)30(26,27)23(5)6/h7-12,14H,13H2,1-6H3. The molecule has 0 N–H and O–H groups in total. The molecular formula is C21H27N3O4S2. The molecule has 2 aromatic rings. The third-order valence-corrected chi connectivity index (χ3v) is 7.95. The number of anilines is 2. The fourth-order valence-electron chi connectivity index (χ4n) is 3.07. The van der Waals surface area contributed by atoms with Crippen LogP contribution in [0.25, 0.3) is 0 Å². The lowest BCUT2D eigenvalue weighted by molar-refractivity contribution is -0.131. The average Bonchev–Trinajstić information content (AvgIpc) is 2.66. The molecule has 3 rings (SSSR count). The van der Waals surface area contributed by atoms with Crippen LogP contribution in [0, 0.1) is 0 Å². The lowest BCUT2D eigenvalue weighted by atomic mass is 10.1. The minimum atomic E-state index is -3.55. The molecule has 9 heteroatoms. The van der Waals surface area contributed by atoms with Crippen LogP contribution in [0.4, 0.5) is 11.4 Å². The van der Waals surface area contributed by atoms with Gasteiger partial charge >= 0.3 is 5.97 Å². The summed E-state index contributed by atoms with van der Waals surface area (Å²) in [5.41, 5.74) is 1.81. The minimum Gasteiger partial charge on any atom is -0.427 e. The molecule has 30 heavy (non-hydrogen) atoms. The minimum absolute atomic E-state index is 0.219. The van der Waals surface area contributed by atoms with E-state index in [0.29, 0.717) is 12.3 Å². The molecule has 0 radical (unpaired) electrons. The van der Waals surface area contributed by atoms with E-state index in [1.807, 2.05) is 32.3 Å². The zero-order valence-electron chi connectivity index (χ0n) is 18.0. The molecule has 1 atom stereocenters. The molecule has 7 nitrogen and oxygen atoms in total. The highest BCUT2D eigenvalue weighted by Gasteiger charge is 2.28. The van der Waals surface area contributed by atoms with Gasteiger partial charge in [0.2, 0.25) is 10.0 Å². The van der Waals surface area contributed by atoms with Crippen LogP contribution >= 0.6 is 11.8 Å². The van der Waals surface area contributed by atoms with Crippen LogP contribution in [0.15, 0.2) is 51.1 Å².